The molecule has 1 aromatic carbocycles. The lowest BCUT2D eigenvalue weighted by molar-refractivity contribution is -0.138. The number of nitrogens with one attached hydrogen (secondary N) is 1. The monoisotopic (exact) mass is 288 g/mol. The van der Waals surface area contributed by atoms with E-state index in [0.717, 1.165) is 6.07 Å². The van der Waals surface area contributed by atoms with Crippen molar-refractivity contribution in [3.63, 3.8) is 0 Å². The van der Waals surface area contributed by atoms with Gasteiger partial charge in [-0.2, -0.15) is 13.2 Å². The lowest BCUT2D eigenvalue weighted by Gasteiger charge is -2.19. The van der Waals surface area contributed by atoms with Gasteiger partial charge >= 0.3 is 12.2 Å². The highest BCUT2D eigenvalue weighted by Gasteiger charge is 2.33. The molecule has 1 aromatic rings. The first-order valence-electron chi connectivity index (χ1n) is 6.20. The molecule has 7 heteroatoms. The van der Waals surface area contributed by atoms with E-state index >= 15 is 0 Å². The first-order valence-corrected chi connectivity index (χ1v) is 6.20. The number of β-amino-alcohol motifs (C(OH)–C–C–N with tert-alkyl or cyclic N) is 1. The third-order valence-corrected chi connectivity index (χ3v) is 3.33. The standard InChI is InChI=1S/C13H15F3N2O2/c1-8-10(13(14,15)16)3-2-4-11(8)17-12(20)18-6-5-9(19)7-18/h2-4,9,19H,5-7H2,1H3,(H,17,20)/t9-/m1/s1. The summed E-state index contributed by atoms with van der Waals surface area (Å²) in [5.41, 5.74) is -0.656. The lowest BCUT2D eigenvalue weighted by Crippen LogP contribution is -2.33. The van der Waals surface area contributed by atoms with Crippen molar-refractivity contribution in [3.8, 4) is 0 Å². The molecule has 1 heterocycles. The Balaban J connectivity index is 2.16. The fourth-order valence-corrected chi connectivity index (χ4v) is 2.20. The van der Waals surface area contributed by atoms with Gasteiger partial charge in [0.05, 0.1) is 11.7 Å². The summed E-state index contributed by atoms with van der Waals surface area (Å²) in [6.07, 6.45) is -4.53. The van der Waals surface area contributed by atoms with Gasteiger partial charge in [0.25, 0.3) is 0 Å². The number of amides is 2. The lowest BCUT2D eigenvalue weighted by atomic mass is 10.1. The Morgan fingerprint density at radius 2 is 2.15 bits per heavy atom. The number of urea groups is 1. The number of aliphatic hydroxyl groups excluding tert-OH is 1. The van der Waals surface area contributed by atoms with Crippen molar-refractivity contribution in [2.45, 2.75) is 25.6 Å². The summed E-state index contributed by atoms with van der Waals surface area (Å²) in [5.74, 6) is 0. The molecule has 0 aliphatic carbocycles. The third kappa shape index (κ3) is 3.04. The van der Waals surface area contributed by atoms with E-state index < -0.39 is 23.9 Å². The van der Waals surface area contributed by atoms with Gasteiger partial charge in [0, 0.05) is 18.8 Å². The Labute approximate surface area is 114 Å². The fourth-order valence-electron chi connectivity index (χ4n) is 2.20. The molecule has 2 amide bonds. The van der Waals surface area contributed by atoms with E-state index in [9.17, 15) is 23.1 Å². The number of anilines is 1. The van der Waals surface area contributed by atoms with Crippen LogP contribution < -0.4 is 5.32 Å². The Bertz CT molecular complexity index is 517. The summed E-state index contributed by atoms with van der Waals surface area (Å²) in [6, 6.07) is 3.16. The Morgan fingerprint density at radius 3 is 2.70 bits per heavy atom. The maximum atomic E-state index is 12.8. The van der Waals surface area contributed by atoms with Gasteiger partial charge in [0.2, 0.25) is 0 Å². The molecular formula is C13H15F3N2O2. The number of alkyl halides is 3. The normalized spacial score (nSPS) is 19.2. The minimum atomic E-state index is -4.45. The molecule has 1 saturated heterocycles. The molecule has 0 radical (unpaired) electrons. The zero-order valence-corrected chi connectivity index (χ0v) is 10.9. The first kappa shape index (κ1) is 14.6. The molecule has 1 atom stereocenters. The SMILES string of the molecule is Cc1c(NC(=O)N2CC[C@@H](O)C2)cccc1C(F)(F)F. The second-order valence-electron chi connectivity index (χ2n) is 4.79. The van der Waals surface area contributed by atoms with Crippen molar-refractivity contribution in [1.29, 1.82) is 0 Å². The predicted octanol–water partition coefficient (Wildman–Crippen LogP) is 2.61. The van der Waals surface area contributed by atoms with Gasteiger partial charge in [0.15, 0.2) is 0 Å². The van der Waals surface area contributed by atoms with Crippen molar-refractivity contribution in [2.24, 2.45) is 0 Å². The molecule has 1 aliphatic heterocycles. The number of hydrogen-bond donors (Lipinski definition) is 2. The summed E-state index contributed by atoms with van der Waals surface area (Å²) >= 11 is 0. The molecule has 4 nitrogen and oxygen atoms in total. The van der Waals surface area contributed by atoms with Crippen LogP contribution in [0.5, 0.6) is 0 Å². The second-order valence-corrected chi connectivity index (χ2v) is 4.79. The van der Waals surface area contributed by atoms with E-state index in [2.05, 4.69) is 5.32 Å². The fraction of sp³-hybridized carbons (Fsp3) is 0.462. The minimum Gasteiger partial charge on any atom is -0.391 e. The number of hydrogen-bond acceptors (Lipinski definition) is 2. The van der Waals surface area contributed by atoms with Crippen molar-refractivity contribution in [1.82, 2.24) is 4.90 Å². The molecule has 0 saturated carbocycles. The molecule has 20 heavy (non-hydrogen) atoms. The smallest absolute Gasteiger partial charge is 0.391 e. The number of carbonyl (C=O) groups excluding carboxylic acids is 1. The Hall–Kier alpha value is -1.76. The van der Waals surface area contributed by atoms with Gasteiger partial charge in [-0.1, -0.05) is 6.07 Å². The van der Waals surface area contributed by atoms with Crippen LogP contribution in [0.4, 0.5) is 23.7 Å². The Morgan fingerprint density at radius 1 is 1.45 bits per heavy atom. The molecular weight excluding hydrogens is 273 g/mol. The van der Waals surface area contributed by atoms with Gasteiger partial charge in [0.1, 0.15) is 0 Å². The van der Waals surface area contributed by atoms with Crippen molar-refractivity contribution >= 4 is 11.7 Å². The summed E-state index contributed by atoms with van der Waals surface area (Å²) < 4.78 is 38.3. The van der Waals surface area contributed by atoms with Gasteiger partial charge in [-0.3, -0.25) is 0 Å². The number of nitrogens with zero attached hydrogens (tertiary/aromatic N) is 1. The van der Waals surface area contributed by atoms with Crippen LogP contribution >= 0.6 is 0 Å². The number of benzene rings is 1. The second kappa shape index (κ2) is 5.32. The topological polar surface area (TPSA) is 52.6 Å². The van der Waals surface area contributed by atoms with Crippen molar-refractivity contribution in [3.05, 3.63) is 29.3 Å². The summed E-state index contributed by atoms with van der Waals surface area (Å²) in [7, 11) is 0. The van der Waals surface area contributed by atoms with Crippen LogP contribution in [0.3, 0.4) is 0 Å². The molecule has 0 aromatic heterocycles. The van der Waals surface area contributed by atoms with E-state index in [1.54, 1.807) is 0 Å². The minimum absolute atomic E-state index is 0.0203. The molecule has 2 rings (SSSR count). The van der Waals surface area contributed by atoms with Gasteiger partial charge in [-0.05, 0) is 31.0 Å². The molecule has 0 bridgehead atoms. The number of halogens is 3. The van der Waals surface area contributed by atoms with Gasteiger partial charge in [-0.25, -0.2) is 4.79 Å². The highest BCUT2D eigenvalue weighted by molar-refractivity contribution is 5.90. The zero-order valence-electron chi connectivity index (χ0n) is 10.9. The van der Waals surface area contributed by atoms with E-state index in [0.29, 0.717) is 13.0 Å². The summed E-state index contributed by atoms with van der Waals surface area (Å²) in [5, 5.41) is 11.8. The maximum absolute atomic E-state index is 12.8. The molecule has 1 aliphatic rings. The van der Waals surface area contributed by atoms with Crippen LogP contribution in [0.15, 0.2) is 18.2 Å². The molecule has 2 N–H and O–H groups in total. The number of carbonyl (C=O) groups is 1. The average Bonchev–Trinajstić information content (AvgIpc) is 2.77. The molecule has 0 unspecified atom stereocenters. The number of aliphatic hydroxyl groups is 1. The molecule has 110 valence electrons. The third-order valence-electron chi connectivity index (χ3n) is 3.33. The largest absolute Gasteiger partial charge is 0.416 e. The van der Waals surface area contributed by atoms with Crippen LogP contribution in [0.25, 0.3) is 0 Å². The molecule has 0 spiro atoms. The van der Waals surface area contributed by atoms with Crippen LogP contribution in [-0.4, -0.2) is 35.2 Å². The van der Waals surface area contributed by atoms with Gasteiger partial charge in [-0.15, -0.1) is 0 Å². The van der Waals surface area contributed by atoms with Crippen molar-refractivity contribution < 1.29 is 23.1 Å². The van der Waals surface area contributed by atoms with E-state index in [1.807, 2.05) is 0 Å². The van der Waals surface area contributed by atoms with E-state index in [-0.39, 0.29) is 17.8 Å². The zero-order chi connectivity index (χ0) is 14.9. The van der Waals surface area contributed by atoms with Crippen molar-refractivity contribution in [2.75, 3.05) is 18.4 Å². The van der Waals surface area contributed by atoms with E-state index in [1.165, 1.54) is 24.0 Å². The predicted molar refractivity (Wildman–Crippen MR) is 67.4 cm³/mol. The molecule has 1 fully saturated rings. The number of rotatable bonds is 1. The highest BCUT2D eigenvalue weighted by Crippen LogP contribution is 2.34. The Kier molecular flexibility index (Phi) is 3.89. The maximum Gasteiger partial charge on any atom is 0.416 e. The van der Waals surface area contributed by atoms with Crippen LogP contribution in [-0.2, 0) is 6.18 Å². The van der Waals surface area contributed by atoms with Gasteiger partial charge < -0.3 is 15.3 Å². The highest BCUT2D eigenvalue weighted by atomic mass is 19.4. The number of likely N-dealkylation sites (tertiary alicyclic amines) is 1. The van der Waals surface area contributed by atoms with Crippen LogP contribution in [0, 0.1) is 6.92 Å². The van der Waals surface area contributed by atoms with Crippen LogP contribution in [0.2, 0.25) is 0 Å². The summed E-state index contributed by atoms with van der Waals surface area (Å²) in [4.78, 5) is 13.3. The summed E-state index contributed by atoms with van der Waals surface area (Å²) in [6.45, 7) is 1.91. The first-order chi connectivity index (χ1) is 9.29. The average molecular weight is 288 g/mol. The van der Waals surface area contributed by atoms with E-state index in [4.69, 9.17) is 0 Å². The quantitative estimate of drug-likeness (QED) is 0.834. The van der Waals surface area contributed by atoms with Crippen LogP contribution in [0.1, 0.15) is 17.5 Å².